The molecule has 3 nitrogen and oxygen atoms in total. The molecule has 102 valence electrons. The van der Waals surface area contributed by atoms with Gasteiger partial charge in [0.25, 0.3) is 0 Å². The molecule has 0 saturated carbocycles. The smallest absolute Gasteiger partial charge is 0.124 e. The summed E-state index contributed by atoms with van der Waals surface area (Å²) in [7, 11) is -0.697. The van der Waals surface area contributed by atoms with Crippen molar-refractivity contribution in [3.63, 3.8) is 0 Å². The molecular weight excluding hydrogens is 246 g/mol. The van der Waals surface area contributed by atoms with E-state index in [0.717, 1.165) is 24.5 Å². The van der Waals surface area contributed by atoms with Crippen LogP contribution in [0.2, 0.25) is 0 Å². The summed E-state index contributed by atoms with van der Waals surface area (Å²) in [5, 5.41) is 3.44. The van der Waals surface area contributed by atoms with Crippen molar-refractivity contribution in [1.29, 1.82) is 0 Å². The van der Waals surface area contributed by atoms with Crippen LogP contribution >= 0.6 is 0 Å². The van der Waals surface area contributed by atoms with Crippen LogP contribution in [0, 0.1) is 0 Å². The minimum Gasteiger partial charge on any atom is -0.494 e. The van der Waals surface area contributed by atoms with E-state index in [0.29, 0.717) is 6.61 Å². The molecule has 2 atom stereocenters. The Kier molecular flexibility index (Phi) is 6.98. The fourth-order valence-electron chi connectivity index (χ4n) is 1.83. The highest BCUT2D eigenvalue weighted by Gasteiger charge is 2.10. The SMILES string of the molecule is CCOc1ccccc1C(C)NCCCS(C)=O. The predicted octanol–water partition coefficient (Wildman–Crippen LogP) is 2.50. The molecular formula is C14H23NO2S. The standard InChI is InChI=1S/C14H23NO2S/c1-4-17-14-9-6-5-8-13(14)12(2)15-10-7-11-18(3)16/h5-6,8-9,12,15H,4,7,10-11H2,1-3H3. The van der Waals surface area contributed by atoms with Crippen LogP contribution in [0.25, 0.3) is 0 Å². The van der Waals surface area contributed by atoms with Gasteiger partial charge in [0.1, 0.15) is 5.75 Å². The number of hydrogen-bond acceptors (Lipinski definition) is 3. The monoisotopic (exact) mass is 269 g/mol. The quantitative estimate of drug-likeness (QED) is 0.737. The molecule has 1 aromatic carbocycles. The second-order valence-electron chi connectivity index (χ2n) is 4.28. The van der Waals surface area contributed by atoms with Gasteiger partial charge in [-0.1, -0.05) is 18.2 Å². The van der Waals surface area contributed by atoms with E-state index < -0.39 is 10.8 Å². The molecule has 18 heavy (non-hydrogen) atoms. The molecule has 0 aliphatic heterocycles. The zero-order valence-corrected chi connectivity index (χ0v) is 12.3. The van der Waals surface area contributed by atoms with Crippen LogP contribution in [0.15, 0.2) is 24.3 Å². The Hall–Kier alpha value is -0.870. The van der Waals surface area contributed by atoms with Gasteiger partial charge in [0, 0.05) is 34.4 Å². The third kappa shape index (κ3) is 5.19. The van der Waals surface area contributed by atoms with E-state index in [-0.39, 0.29) is 6.04 Å². The fraction of sp³-hybridized carbons (Fsp3) is 0.571. The Labute approximate surface area is 112 Å². The lowest BCUT2D eigenvalue weighted by atomic mass is 10.1. The first kappa shape index (κ1) is 15.2. The molecule has 1 N–H and O–H groups in total. The molecule has 1 aromatic rings. The molecule has 0 heterocycles. The van der Waals surface area contributed by atoms with E-state index in [1.54, 1.807) is 6.26 Å². The molecule has 0 aliphatic carbocycles. The maximum Gasteiger partial charge on any atom is 0.124 e. The van der Waals surface area contributed by atoms with Crippen molar-refractivity contribution in [3.8, 4) is 5.75 Å². The van der Waals surface area contributed by atoms with Crippen molar-refractivity contribution < 1.29 is 8.95 Å². The summed E-state index contributed by atoms with van der Waals surface area (Å²) < 4.78 is 16.6. The van der Waals surface area contributed by atoms with Crippen LogP contribution in [0.3, 0.4) is 0 Å². The van der Waals surface area contributed by atoms with Crippen LogP contribution in [0.4, 0.5) is 0 Å². The van der Waals surface area contributed by atoms with Crippen LogP contribution in [-0.4, -0.2) is 29.4 Å². The summed E-state index contributed by atoms with van der Waals surface area (Å²) in [6.45, 7) is 5.67. The normalized spacial score (nSPS) is 14.2. The topological polar surface area (TPSA) is 38.3 Å². The van der Waals surface area contributed by atoms with Crippen molar-refractivity contribution in [2.24, 2.45) is 0 Å². The maximum absolute atomic E-state index is 11.0. The number of hydrogen-bond donors (Lipinski definition) is 1. The molecule has 0 bridgehead atoms. The van der Waals surface area contributed by atoms with Gasteiger partial charge in [0.05, 0.1) is 6.61 Å². The minimum atomic E-state index is -0.697. The highest BCUT2D eigenvalue weighted by molar-refractivity contribution is 7.84. The van der Waals surface area contributed by atoms with E-state index in [9.17, 15) is 4.21 Å². The van der Waals surface area contributed by atoms with Gasteiger partial charge in [0.15, 0.2) is 0 Å². The summed E-state index contributed by atoms with van der Waals surface area (Å²) in [6.07, 6.45) is 2.68. The molecule has 0 fully saturated rings. The second kappa shape index (κ2) is 8.27. The minimum absolute atomic E-state index is 0.248. The number of ether oxygens (including phenoxy) is 1. The van der Waals surface area contributed by atoms with Gasteiger partial charge in [-0.15, -0.1) is 0 Å². The van der Waals surface area contributed by atoms with Crippen molar-refractivity contribution in [2.45, 2.75) is 26.3 Å². The van der Waals surface area contributed by atoms with Crippen LogP contribution in [0.5, 0.6) is 5.75 Å². The van der Waals surface area contributed by atoms with E-state index in [1.807, 2.05) is 25.1 Å². The summed E-state index contributed by atoms with van der Waals surface area (Å²) in [6, 6.07) is 8.34. The highest BCUT2D eigenvalue weighted by atomic mass is 32.2. The number of nitrogens with one attached hydrogen (secondary N) is 1. The number of rotatable bonds is 8. The molecule has 0 amide bonds. The summed E-state index contributed by atoms with van der Waals surface area (Å²) in [5.41, 5.74) is 1.18. The first-order valence-electron chi connectivity index (χ1n) is 6.40. The van der Waals surface area contributed by atoms with Gasteiger partial charge in [-0.3, -0.25) is 4.21 Å². The van der Waals surface area contributed by atoms with Crippen molar-refractivity contribution >= 4 is 10.8 Å². The largest absolute Gasteiger partial charge is 0.494 e. The molecule has 0 aliphatic rings. The Morgan fingerprint density at radius 2 is 2.11 bits per heavy atom. The van der Waals surface area contributed by atoms with Gasteiger partial charge < -0.3 is 10.1 Å². The third-order valence-corrected chi connectivity index (χ3v) is 3.61. The summed E-state index contributed by atoms with van der Waals surface area (Å²) >= 11 is 0. The average molecular weight is 269 g/mol. The van der Waals surface area contributed by atoms with E-state index in [4.69, 9.17) is 4.74 Å². The fourth-order valence-corrected chi connectivity index (χ4v) is 2.38. The van der Waals surface area contributed by atoms with Gasteiger partial charge in [-0.05, 0) is 32.9 Å². The lowest BCUT2D eigenvalue weighted by Crippen LogP contribution is -2.21. The molecule has 0 spiro atoms. The lowest BCUT2D eigenvalue weighted by molar-refractivity contribution is 0.332. The molecule has 1 rings (SSSR count). The average Bonchev–Trinajstić information content (AvgIpc) is 2.35. The Morgan fingerprint density at radius 1 is 1.39 bits per heavy atom. The first-order valence-corrected chi connectivity index (χ1v) is 8.13. The van der Waals surface area contributed by atoms with Crippen molar-refractivity contribution in [2.75, 3.05) is 25.2 Å². The maximum atomic E-state index is 11.0. The Balaban J connectivity index is 2.50. The number of benzene rings is 1. The predicted molar refractivity (Wildman–Crippen MR) is 77.6 cm³/mol. The lowest BCUT2D eigenvalue weighted by Gasteiger charge is -2.17. The summed E-state index contributed by atoms with van der Waals surface area (Å²) in [4.78, 5) is 0. The third-order valence-electron chi connectivity index (χ3n) is 2.74. The van der Waals surface area contributed by atoms with Gasteiger partial charge in [0.2, 0.25) is 0 Å². The van der Waals surface area contributed by atoms with E-state index in [2.05, 4.69) is 18.3 Å². The zero-order valence-electron chi connectivity index (χ0n) is 11.4. The molecule has 4 heteroatoms. The first-order chi connectivity index (χ1) is 8.65. The van der Waals surface area contributed by atoms with Crippen molar-refractivity contribution in [3.05, 3.63) is 29.8 Å². The van der Waals surface area contributed by atoms with Gasteiger partial charge >= 0.3 is 0 Å². The Bertz CT molecular complexity index is 382. The highest BCUT2D eigenvalue weighted by Crippen LogP contribution is 2.24. The Morgan fingerprint density at radius 3 is 2.78 bits per heavy atom. The number of para-hydroxylation sites is 1. The zero-order chi connectivity index (χ0) is 13.4. The van der Waals surface area contributed by atoms with Crippen LogP contribution in [0.1, 0.15) is 31.9 Å². The van der Waals surface area contributed by atoms with E-state index in [1.165, 1.54) is 5.56 Å². The second-order valence-corrected chi connectivity index (χ2v) is 5.83. The molecule has 0 saturated heterocycles. The van der Waals surface area contributed by atoms with Gasteiger partial charge in [-0.2, -0.15) is 0 Å². The van der Waals surface area contributed by atoms with Crippen LogP contribution < -0.4 is 10.1 Å². The van der Waals surface area contributed by atoms with Gasteiger partial charge in [-0.25, -0.2) is 0 Å². The molecule has 0 aromatic heterocycles. The molecule has 2 unspecified atom stereocenters. The van der Waals surface area contributed by atoms with Crippen LogP contribution in [-0.2, 0) is 10.8 Å². The van der Waals surface area contributed by atoms with E-state index >= 15 is 0 Å². The summed E-state index contributed by atoms with van der Waals surface area (Å²) in [5.74, 6) is 1.70. The molecule has 0 radical (unpaired) electrons. The van der Waals surface area contributed by atoms with Crippen molar-refractivity contribution in [1.82, 2.24) is 5.32 Å².